The van der Waals surface area contributed by atoms with E-state index >= 15 is 0 Å². The molecule has 14 heteroatoms. The second-order valence-corrected chi connectivity index (χ2v) is 19.1. The van der Waals surface area contributed by atoms with Gasteiger partial charge < -0.3 is 63.3 Å². The molecule has 1 amide bonds. The monoisotopic (exact) mass is 872 g/mol. The van der Waals surface area contributed by atoms with Crippen LogP contribution >= 0.6 is 0 Å². The van der Waals surface area contributed by atoms with Crippen molar-refractivity contribution in [3.8, 4) is 0 Å². The van der Waals surface area contributed by atoms with Crippen molar-refractivity contribution in [3.05, 3.63) is 59.3 Å². The molecule has 62 heavy (non-hydrogen) atoms. The summed E-state index contributed by atoms with van der Waals surface area (Å²) in [6, 6.07) is -0.340. The van der Waals surface area contributed by atoms with E-state index in [9.17, 15) is 20.1 Å². The van der Waals surface area contributed by atoms with E-state index in [-0.39, 0.29) is 54.6 Å². The fraction of sp³-hybridized carbons (Fsp3) is 0.771. The first-order valence-electron chi connectivity index (χ1n) is 23.0. The lowest BCUT2D eigenvalue weighted by molar-refractivity contribution is -0.318. The summed E-state index contributed by atoms with van der Waals surface area (Å²) in [6.07, 6.45) is 9.87. The van der Waals surface area contributed by atoms with Crippen LogP contribution in [0, 0.1) is 23.7 Å². The van der Waals surface area contributed by atoms with E-state index < -0.39 is 78.7 Å². The first-order valence-corrected chi connectivity index (χ1v) is 23.0. The van der Waals surface area contributed by atoms with Gasteiger partial charge in [0.25, 0.3) is 0 Å². The number of fused-ring (bicyclic) bond motifs is 2. The summed E-state index contributed by atoms with van der Waals surface area (Å²) in [5, 5.41) is 37.6. The molecule has 0 unspecified atom stereocenters. The fourth-order valence-corrected chi connectivity index (χ4v) is 10.7. The van der Waals surface area contributed by atoms with Crippen molar-refractivity contribution in [3.63, 3.8) is 0 Å². The highest BCUT2D eigenvalue weighted by molar-refractivity contribution is 5.84. The standard InChI is InChI=1S/C48H73NO13/c1-11-25(2)43-28(5)17-18-47(62-43)23-33-20-34(61-47)16-15-27(4)42(26(3)13-12-14-32-24-56-45-40(50)29(6)19-35(46(52)49-33)48(32,45)53)59-39-22-37(55-10)44(31(8)58-39)60-38-21-36(54-9)41(51)30(7)57-38/h12-15,17-19,25-26,28,30-31,33-45,50-51,53H,11,16,20-24H2,1-10H3,(H,49,52)/b13-12+,27-15+,32-14+/t25-,26-,28-,30-,31-,33-,34+,35-,36-,37-,38-,39-,40+,41-,42-,43+,44-,45+,47+,48+/m0/s1. The fourth-order valence-electron chi connectivity index (χ4n) is 10.7. The minimum absolute atomic E-state index is 0.0595. The van der Waals surface area contributed by atoms with E-state index in [0.29, 0.717) is 43.3 Å². The van der Waals surface area contributed by atoms with Gasteiger partial charge in [0.2, 0.25) is 5.91 Å². The van der Waals surface area contributed by atoms with Crippen molar-refractivity contribution in [1.82, 2.24) is 5.32 Å². The molecule has 14 nitrogen and oxygen atoms in total. The Hall–Kier alpha value is -2.31. The quantitative estimate of drug-likeness (QED) is 0.242. The van der Waals surface area contributed by atoms with Crippen LogP contribution < -0.4 is 5.32 Å². The molecular formula is C48H73NO13. The molecule has 4 saturated heterocycles. The number of hydrogen-bond acceptors (Lipinski definition) is 13. The highest BCUT2D eigenvalue weighted by Crippen LogP contribution is 2.46. The lowest BCUT2D eigenvalue weighted by atomic mass is 9.70. The van der Waals surface area contributed by atoms with Crippen LogP contribution in [0.4, 0.5) is 0 Å². The van der Waals surface area contributed by atoms with Gasteiger partial charge in [0.05, 0.1) is 55.3 Å². The number of aliphatic hydroxyl groups excluding tert-OH is 2. The van der Waals surface area contributed by atoms with Gasteiger partial charge in [-0.1, -0.05) is 70.6 Å². The Morgan fingerprint density at radius 1 is 0.919 bits per heavy atom. The Morgan fingerprint density at radius 3 is 2.35 bits per heavy atom. The van der Waals surface area contributed by atoms with Crippen LogP contribution in [-0.4, -0.2) is 139 Å². The van der Waals surface area contributed by atoms with Gasteiger partial charge in [-0.05, 0) is 69.2 Å². The molecule has 1 aliphatic carbocycles. The first kappa shape index (κ1) is 47.6. The van der Waals surface area contributed by atoms with Crippen LogP contribution in [0.25, 0.3) is 0 Å². The molecule has 6 heterocycles. The van der Waals surface area contributed by atoms with Gasteiger partial charge in [0, 0.05) is 51.4 Å². The van der Waals surface area contributed by atoms with Crippen LogP contribution in [0.3, 0.4) is 0 Å². The van der Waals surface area contributed by atoms with Gasteiger partial charge in [0.15, 0.2) is 18.4 Å². The Balaban J connectivity index is 1.18. The summed E-state index contributed by atoms with van der Waals surface area (Å²) in [4.78, 5) is 14.5. The highest BCUT2D eigenvalue weighted by Gasteiger charge is 2.59. The average molecular weight is 872 g/mol. The summed E-state index contributed by atoms with van der Waals surface area (Å²) < 4.78 is 57.4. The molecule has 7 rings (SSSR count). The van der Waals surface area contributed by atoms with Crippen LogP contribution in [0.5, 0.6) is 0 Å². The van der Waals surface area contributed by atoms with Crippen LogP contribution in [0.2, 0.25) is 0 Å². The number of carbonyl (C=O) groups is 1. The topological polar surface area (TPSA) is 173 Å². The second kappa shape index (κ2) is 19.7. The summed E-state index contributed by atoms with van der Waals surface area (Å²) >= 11 is 0. The van der Waals surface area contributed by atoms with Gasteiger partial charge in [-0.15, -0.1) is 0 Å². The molecule has 6 aliphatic heterocycles. The molecule has 0 aromatic rings. The third-order valence-electron chi connectivity index (χ3n) is 14.6. The third-order valence-corrected chi connectivity index (χ3v) is 14.6. The predicted octanol–water partition coefficient (Wildman–Crippen LogP) is 4.95. The van der Waals surface area contributed by atoms with Crippen molar-refractivity contribution in [1.29, 1.82) is 0 Å². The van der Waals surface area contributed by atoms with Gasteiger partial charge in [0.1, 0.15) is 30.0 Å². The first-order chi connectivity index (χ1) is 29.5. The number of methoxy groups -OCH3 is 2. The van der Waals surface area contributed by atoms with Gasteiger partial charge in [-0.3, -0.25) is 4.79 Å². The summed E-state index contributed by atoms with van der Waals surface area (Å²) in [6.45, 7) is 16.2. The number of rotatable bonds is 8. The van der Waals surface area contributed by atoms with Crippen molar-refractivity contribution in [2.24, 2.45) is 23.7 Å². The van der Waals surface area contributed by atoms with Gasteiger partial charge in [-0.25, -0.2) is 0 Å². The smallest absolute Gasteiger partial charge is 0.230 e. The summed E-state index contributed by atoms with van der Waals surface area (Å²) in [5.74, 6) is -2.09. The minimum atomic E-state index is -1.77. The molecule has 20 atom stereocenters. The van der Waals surface area contributed by atoms with Gasteiger partial charge in [-0.2, -0.15) is 0 Å². The Labute approximate surface area is 368 Å². The summed E-state index contributed by atoms with van der Waals surface area (Å²) in [5.41, 5.74) is 0.297. The third kappa shape index (κ3) is 9.64. The number of amides is 1. The second-order valence-electron chi connectivity index (χ2n) is 19.1. The van der Waals surface area contributed by atoms with E-state index in [2.05, 4.69) is 52.1 Å². The van der Waals surface area contributed by atoms with Gasteiger partial charge >= 0.3 is 0 Å². The molecule has 4 fully saturated rings. The van der Waals surface area contributed by atoms with Crippen molar-refractivity contribution in [2.75, 3.05) is 20.8 Å². The summed E-state index contributed by atoms with van der Waals surface area (Å²) in [7, 11) is 3.23. The number of ether oxygens (including phenoxy) is 9. The number of nitrogens with one attached hydrogen (secondary N) is 1. The van der Waals surface area contributed by atoms with E-state index in [0.717, 1.165) is 12.0 Å². The molecular weight excluding hydrogens is 799 g/mol. The molecule has 0 saturated carbocycles. The molecule has 1 spiro atoms. The molecule has 348 valence electrons. The maximum atomic E-state index is 14.5. The molecule has 7 aliphatic rings. The molecule has 2 bridgehead atoms. The normalized spacial score (nSPS) is 49.1. The van der Waals surface area contributed by atoms with E-state index in [4.69, 9.17) is 42.6 Å². The lowest BCUT2D eigenvalue weighted by Crippen LogP contribution is -2.61. The molecule has 4 N–H and O–H groups in total. The van der Waals surface area contributed by atoms with Crippen molar-refractivity contribution < 1.29 is 62.7 Å². The van der Waals surface area contributed by atoms with Crippen molar-refractivity contribution >= 4 is 5.91 Å². The lowest BCUT2D eigenvalue weighted by Gasteiger charge is -2.49. The largest absolute Gasteiger partial charge is 0.388 e. The highest BCUT2D eigenvalue weighted by atomic mass is 16.7. The van der Waals surface area contributed by atoms with Crippen LogP contribution in [-0.2, 0) is 47.4 Å². The zero-order valence-electron chi connectivity index (χ0n) is 38.3. The maximum absolute atomic E-state index is 14.5. The number of aliphatic hydroxyl groups is 3. The van der Waals surface area contributed by atoms with Crippen molar-refractivity contribution in [2.45, 2.75) is 191 Å². The molecule has 0 radical (unpaired) electrons. The zero-order chi connectivity index (χ0) is 44.7. The Bertz CT molecular complexity index is 1730. The minimum Gasteiger partial charge on any atom is -0.388 e. The predicted molar refractivity (Wildman–Crippen MR) is 229 cm³/mol. The van der Waals surface area contributed by atoms with Crippen LogP contribution in [0.15, 0.2) is 59.3 Å². The maximum Gasteiger partial charge on any atom is 0.230 e. The van der Waals surface area contributed by atoms with E-state index in [1.165, 1.54) is 0 Å². The Kier molecular flexibility index (Phi) is 15.1. The number of carbonyl (C=O) groups excluding carboxylic acids is 1. The van der Waals surface area contributed by atoms with E-state index in [1.807, 2.05) is 25.2 Å². The number of hydrogen-bond donors (Lipinski definition) is 4. The molecule has 0 aromatic carbocycles. The Morgan fingerprint density at radius 2 is 1.63 bits per heavy atom. The van der Waals surface area contributed by atoms with E-state index in [1.54, 1.807) is 40.2 Å². The number of allylic oxidation sites excluding steroid dienone is 2. The zero-order valence-corrected chi connectivity index (χ0v) is 38.3. The average Bonchev–Trinajstić information content (AvgIpc) is 3.58. The molecule has 0 aromatic heterocycles. The van der Waals surface area contributed by atoms with Crippen LogP contribution in [0.1, 0.15) is 93.9 Å². The SMILES string of the molecule is CC[C@H](C)[C@H]1O[C@]2(C=C[C@@H]1C)C[C@@H]1C[C@@H](C/C=C(\C)[C@@H](O[C@H]3C[C@H](OC)[C@@H](O[C@H]4C[C@H](OC)[C@@H](O)[C@H](C)O4)[C@H](C)O3)[C@@H](C)/C=C/C=C3\CO[C@@H]4[C@H](O)C(C)=C[C@@H](C(=O)N1)[C@]34O)O2.